The summed E-state index contributed by atoms with van der Waals surface area (Å²) in [5, 5.41) is 0. The first-order valence-corrected chi connectivity index (χ1v) is 7.38. The van der Waals surface area contributed by atoms with Crippen LogP contribution < -0.4 is 0 Å². The summed E-state index contributed by atoms with van der Waals surface area (Å²) in [7, 11) is 1.58. The van der Waals surface area contributed by atoms with Crippen molar-refractivity contribution in [1.29, 1.82) is 0 Å². The van der Waals surface area contributed by atoms with Gasteiger partial charge in [-0.25, -0.2) is 0 Å². The molecule has 0 aromatic carbocycles. The summed E-state index contributed by atoms with van der Waals surface area (Å²) >= 11 is 0. The van der Waals surface area contributed by atoms with Gasteiger partial charge in [-0.2, -0.15) is 0 Å². The van der Waals surface area contributed by atoms with Crippen molar-refractivity contribution in [3.8, 4) is 0 Å². The molecule has 0 aliphatic carbocycles. The minimum absolute atomic E-state index is 0.219. The van der Waals surface area contributed by atoms with E-state index in [0.717, 1.165) is 0 Å². The standard InChI is InChI=1S/C15H28O6/c1-6-20-13(16)15(12(3)4,14(17)21-7-2)8-9-19-11-10-18-5/h12H,6-11H2,1-5H3. The highest BCUT2D eigenvalue weighted by molar-refractivity contribution is 6.00. The Morgan fingerprint density at radius 2 is 1.48 bits per heavy atom. The highest BCUT2D eigenvalue weighted by Crippen LogP contribution is 2.35. The maximum atomic E-state index is 12.3. The van der Waals surface area contributed by atoms with Crippen LogP contribution >= 0.6 is 0 Å². The van der Waals surface area contributed by atoms with Crippen LogP contribution in [0.1, 0.15) is 34.1 Å². The third-order valence-corrected chi connectivity index (χ3v) is 3.34. The summed E-state index contributed by atoms with van der Waals surface area (Å²) in [4.78, 5) is 24.7. The summed E-state index contributed by atoms with van der Waals surface area (Å²) in [5.74, 6) is -1.34. The van der Waals surface area contributed by atoms with Crippen LogP contribution in [0.15, 0.2) is 0 Å². The highest BCUT2D eigenvalue weighted by Gasteiger charge is 2.51. The van der Waals surface area contributed by atoms with Gasteiger partial charge in [-0.05, 0) is 26.2 Å². The normalized spacial score (nSPS) is 11.5. The Bertz CT molecular complexity index is 295. The van der Waals surface area contributed by atoms with Crippen molar-refractivity contribution >= 4 is 11.9 Å². The van der Waals surface area contributed by atoms with Gasteiger partial charge < -0.3 is 18.9 Å². The molecule has 0 unspecified atom stereocenters. The number of ether oxygens (including phenoxy) is 4. The first-order chi connectivity index (χ1) is 9.97. The number of hydrogen-bond acceptors (Lipinski definition) is 6. The molecule has 124 valence electrons. The Morgan fingerprint density at radius 1 is 0.952 bits per heavy atom. The van der Waals surface area contributed by atoms with Crippen LogP contribution in [0.3, 0.4) is 0 Å². The fourth-order valence-electron chi connectivity index (χ4n) is 2.04. The molecule has 0 N–H and O–H groups in total. The molecule has 6 nitrogen and oxygen atoms in total. The first kappa shape index (κ1) is 19.9. The zero-order valence-electron chi connectivity index (χ0n) is 13.8. The molecule has 0 bridgehead atoms. The molecule has 0 saturated heterocycles. The van der Waals surface area contributed by atoms with Crippen molar-refractivity contribution in [3.63, 3.8) is 0 Å². The number of methoxy groups -OCH3 is 1. The van der Waals surface area contributed by atoms with Gasteiger partial charge in [-0.3, -0.25) is 9.59 Å². The lowest BCUT2D eigenvalue weighted by molar-refractivity contribution is -0.177. The molecule has 0 fully saturated rings. The molecule has 0 spiro atoms. The van der Waals surface area contributed by atoms with Crippen LogP contribution in [0.4, 0.5) is 0 Å². The molecule has 0 aliphatic heterocycles. The Labute approximate surface area is 127 Å². The Morgan fingerprint density at radius 3 is 1.86 bits per heavy atom. The van der Waals surface area contributed by atoms with E-state index in [1.807, 2.05) is 13.8 Å². The predicted molar refractivity (Wildman–Crippen MR) is 77.8 cm³/mol. The second-order valence-corrected chi connectivity index (χ2v) is 4.92. The van der Waals surface area contributed by atoms with Gasteiger partial charge in [0.15, 0.2) is 5.41 Å². The summed E-state index contributed by atoms with van der Waals surface area (Å²) in [6.45, 7) is 8.62. The first-order valence-electron chi connectivity index (χ1n) is 7.38. The van der Waals surface area contributed by atoms with E-state index in [9.17, 15) is 9.59 Å². The molecular formula is C15H28O6. The molecule has 21 heavy (non-hydrogen) atoms. The molecule has 6 heteroatoms. The third kappa shape index (κ3) is 5.63. The van der Waals surface area contributed by atoms with E-state index < -0.39 is 17.4 Å². The van der Waals surface area contributed by atoms with Gasteiger partial charge in [0.1, 0.15) is 0 Å². The summed E-state index contributed by atoms with van der Waals surface area (Å²) in [6, 6.07) is 0. The van der Waals surface area contributed by atoms with Crippen LogP contribution in [-0.4, -0.2) is 52.1 Å². The maximum Gasteiger partial charge on any atom is 0.323 e. The summed E-state index contributed by atoms with van der Waals surface area (Å²) in [5.41, 5.74) is -1.32. The van der Waals surface area contributed by atoms with E-state index in [-0.39, 0.29) is 32.2 Å². The van der Waals surface area contributed by atoms with Crippen molar-refractivity contribution in [2.45, 2.75) is 34.1 Å². The summed E-state index contributed by atoms with van der Waals surface area (Å²) < 4.78 is 20.5. The average molecular weight is 304 g/mol. The van der Waals surface area contributed by atoms with E-state index >= 15 is 0 Å². The molecule has 0 saturated carbocycles. The van der Waals surface area contributed by atoms with Gasteiger partial charge in [-0.1, -0.05) is 13.8 Å². The minimum atomic E-state index is -1.32. The second kappa shape index (κ2) is 10.6. The minimum Gasteiger partial charge on any atom is -0.465 e. The van der Waals surface area contributed by atoms with E-state index in [1.54, 1.807) is 21.0 Å². The van der Waals surface area contributed by atoms with Crippen LogP contribution in [0.5, 0.6) is 0 Å². The largest absolute Gasteiger partial charge is 0.465 e. The number of rotatable bonds is 11. The van der Waals surface area contributed by atoms with Gasteiger partial charge in [0.25, 0.3) is 0 Å². The van der Waals surface area contributed by atoms with E-state index in [4.69, 9.17) is 18.9 Å². The fourth-order valence-corrected chi connectivity index (χ4v) is 2.04. The zero-order valence-corrected chi connectivity index (χ0v) is 13.8. The van der Waals surface area contributed by atoms with E-state index in [0.29, 0.717) is 13.2 Å². The van der Waals surface area contributed by atoms with Gasteiger partial charge in [0.2, 0.25) is 0 Å². The monoisotopic (exact) mass is 304 g/mol. The van der Waals surface area contributed by atoms with Crippen molar-refractivity contribution in [2.24, 2.45) is 11.3 Å². The van der Waals surface area contributed by atoms with E-state index in [2.05, 4.69) is 0 Å². The topological polar surface area (TPSA) is 71.1 Å². The predicted octanol–water partition coefficient (Wildman–Crippen LogP) is 1.81. The van der Waals surface area contributed by atoms with Gasteiger partial charge >= 0.3 is 11.9 Å². The van der Waals surface area contributed by atoms with Crippen molar-refractivity contribution < 1.29 is 28.5 Å². The average Bonchev–Trinajstić information content (AvgIpc) is 2.43. The van der Waals surface area contributed by atoms with Crippen molar-refractivity contribution in [1.82, 2.24) is 0 Å². The Balaban J connectivity index is 5.01. The lowest BCUT2D eigenvalue weighted by Crippen LogP contribution is -2.47. The molecule has 0 aromatic rings. The van der Waals surface area contributed by atoms with Crippen LogP contribution in [0.25, 0.3) is 0 Å². The lowest BCUT2D eigenvalue weighted by atomic mass is 9.74. The van der Waals surface area contributed by atoms with Crippen LogP contribution in [-0.2, 0) is 28.5 Å². The molecule has 0 radical (unpaired) electrons. The molecule has 0 rings (SSSR count). The molecular weight excluding hydrogens is 276 g/mol. The van der Waals surface area contributed by atoms with Crippen LogP contribution in [0, 0.1) is 11.3 Å². The van der Waals surface area contributed by atoms with Crippen LogP contribution in [0.2, 0.25) is 0 Å². The molecule has 0 atom stereocenters. The number of esters is 2. The van der Waals surface area contributed by atoms with Crippen molar-refractivity contribution in [3.05, 3.63) is 0 Å². The SMILES string of the molecule is CCOC(=O)C(CCOCCOC)(C(=O)OCC)C(C)C. The fraction of sp³-hybridized carbons (Fsp3) is 0.867. The molecule has 0 amide bonds. The number of hydrogen-bond donors (Lipinski definition) is 0. The van der Waals surface area contributed by atoms with Gasteiger partial charge in [0.05, 0.1) is 26.4 Å². The highest BCUT2D eigenvalue weighted by atomic mass is 16.6. The third-order valence-electron chi connectivity index (χ3n) is 3.34. The zero-order chi connectivity index (χ0) is 16.3. The Kier molecular flexibility index (Phi) is 9.99. The molecule has 0 heterocycles. The number of carbonyl (C=O) groups excluding carboxylic acids is 2. The quantitative estimate of drug-likeness (QED) is 0.329. The second-order valence-electron chi connectivity index (χ2n) is 4.92. The maximum absolute atomic E-state index is 12.3. The molecule has 0 aliphatic rings. The molecule has 0 aromatic heterocycles. The lowest BCUT2D eigenvalue weighted by Gasteiger charge is -2.32. The van der Waals surface area contributed by atoms with Gasteiger partial charge in [0, 0.05) is 13.7 Å². The summed E-state index contributed by atoms with van der Waals surface area (Å²) in [6.07, 6.45) is 0.228. The van der Waals surface area contributed by atoms with Gasteiger partial charge in [-0.15, -0.1) is 0 Å². The Hall–Kier alpha value is -1.14. The van der Waals surface area contributed by atoms with E-state index in [1.165, 1.54) is 0 Å². The number of carbonyl (C=O) groups is 2. The van der Waals surface area contributed by atoms with Crippen molar-refractivity contribution in [2.75, 3.05) is 40.1 Å². The smallest absolute Gasteiger partial charge is 0.323 e.